The average molecular weight is 253 g/mol. The number of hydrogen-bond donors (Lipinski definition) is 1. The van der Waals surface area contributed by atoms with E-state index in [1.807, 2.05) is 20.8 Å². The van der Waals surface area contributed by atoms with E-state index in [0.29, 0.717) is 17.5 Å². The fraction of sp³-hybridized carbons (Fsp3) is 0.583. The molecule has 100 valence electrons. The minimum atomic E-state index is -0.903. The second-order valence-corrected chi connectivity index (χ2v) is 4.97. The van der Waals surface area contributed by atoms with Crippen molar-refractivity contribution >= 4 is 11.8 Å². The third-order valence-electron chi connectivity index (χ3n) is 2.39. The molecule has 0 bridgehead atoms. The summed E-state index contributed by atoms with van der Waals surface area (Å²) >= 11 is 0. The summed E-state index contributed by atoms with van der Waals surface area (Å²) in [7, 11) is 1.52. The predicted octanol–water partition coefficient (Wildman–Crippen LogP) is 1.48. The van der Waals surface area contributed by atoms with Gasteiger partial charge in [0.2, 0.25) is 5.88 Å². The number of hydrogen-bond acceptors (Lipinski definition) is 5. The maximum Gasteiger partial charge on any atom is 0.323 e. The predicted molar refractivity (Wildman–Crippen MR) is 68.1 cm³/mol. The van der Waals surface area contributed by atoms with Gasteiger partial charge in [-0.2, -0.15) is 4.98 Å². The van der Waals surface area contributed by atoms with E-state index < -0.39 is 5.97 Å². The molecule has 18 heavy (non-hydrogen) atoms. The van der Waals surface area contributed by atoms with Gasteiger partial charge in [0, 0.05) is 11.6 Å². The summed E-state index contributed by atoms with van der Waals surface area (Å²) in [5, 5.41) is 8.99. The van der Waals surface area contributed by atoms with Crippen LogP contribution >= 0.6 is 0 Å². The molecule has 0 atom stereocenters. The van der Waals surface area contributed by atoms with Crippen molar-refractivity contribution in [1.29, 1.82) is 0 Å². The van der Waals surface area contributed by atoms with E-state index >= 15 is 0 Å². The third-order valence-corrected chi connectivity index (χ3v) is 2.39. The average Bonchev–Trinajstić information content (AvgIpc) is 2.23. The number of carbonyl (C=O) groups is 1. The SMILES string of the molecule is COc1cc(N(CC(=O)O)C(C)(C)C)nc(C)n1. The third kappa shape index (κ3) is 3.58. The van der Waals surface area contributed by atoms with Gasteiger partial charge in [-0.05, 0) is 27.7 Å². The van der Waals surface area contributed by atoms with Crippen LogP contribution in [-0.4, -0.2) is 40.2 Å². The van der Waals surface area contributed by atoms with Crippen LogP contribution in [0.2, 0.25) is 0 Å². The van der Waals surface area contributed by atoms with Crippen molar-refractivity contribution in [2.75, 3.05) is 18.6 Å². The van der Waals surface area contributed by atoms with E-state index in [1.54, 1.807) is 17.9 Å². The zero-order chi connectivity index (χ0) is 13.9. The van der Waals surface area contributed by atoms with Crippen molar-refractivity contribution in [1.82, 2.24) is 9.97 Å². The van der Waals surface area contributed by atoms with Crippen molar-refractivity contribution in [2.45, 2.75) is 33.2 Å². The van der Waals surface area contributed by atoms with Crippen molar-refractivity contribution in [3.63, 3.8) is 0 Å². The molecule has 0 fully saturated rings. The van der Waals surface area contributed by atoms with Gasteiger partial charge in [-0.3, -0.25) is 4.79 Å². The Morgan fingerprint density at radius 2 is 2.06 bits per heavy atom. The van der Waals surface area contributed by atoms with Crippen LogP contribution in [0.25, 0.3) is 0 Å². The number of aromatic nitrogens is 2. The molecular weight excluding hydrogens is 234 g/mol. The minimum Gasteiger partial charge on any atom is -0.481 e. The molecule has 0 unspecified atom stereocenters. The first-order valence-electron chi connectivity index (χ1n) is 5.63. The first-order chi connectivity index (χ1) is 8.24. The molecule has 1 aromatic rings. The summed E-state index contributed by atoms with van der Waals surface area (Å²) in [5.74, 6) is 0.621. The minimum absolute atomic E-state index is 0.122. The van der Waals surface area contributed by atoms with Crippen molar-refractivity contribution in [3.8, 4) is 5.88 Å². The molecule has 0 aliphatic rings. The number of carboxylic acids is 1. The van der Waals surface area contributed by atoms with Crippen LogP contribution in [0, 0.1) is 6.92 Å². The molecule has 1 aromatic heterocycles. The largest absolute Gasteiger partial charge is 0.481 e. The highest BCUT2D eigenvalue weighted by Crippen LogP contribution is 2.24. The van der Waals surface area contributed by atoms with Gasteiger partial charge in [0.25, 0.3) is 0 Å². The highest BCUT2D eigenvalue weighted by Gasteiger charge is 2.25. The molecule has 0 spiro atoms. The van der Waals surface area contributed by atoms with Crippen LogP contribution in [0.5, 0.6) is 5.88 Å². The zero-order valence-corrected chi connectivity index (χ0v) is 11.4. The lowest BCUT2D eigenvalue weighted by molar-refractivity contribution is -0.135. The maximum absolute atomic E-state index is 11.0. The molecule has 1 rings (SSSR count). The summed E-state index contributed by atoms with van der Waals surface area (Å²) in [6, 6.07) is 1.64. The smallest absolute Gasteiger partial charge is 0.323 e. The molecule has 0 radical (unpaired) electrons. The lowest BCUT2D eigenvalue weighted by Crippen LogP contribution is -2.45. The zero-order valence-electron chi connectivity index (χ0n) is 11.4. The second kappa shape index (κ2) is 5.20. The number of aryl methyl sites for hydroxylation is 1. The van der Waals surface area contributed by atoms with Gasteiger partial charge < -0.3 is 14.7 Å². The number of nitrogens with zero attached hydrogens (tertiary/aromatic N) is 3. The number of ether oxygens (including phenoxy) is 1. The van der Waals surface area contributed by atoms with Crippen LogP contribution in [0.4, 0.5) is 5.82 Å². The normalized spacial score (nSPS) is 11.2. The van der Waals surface area contributed by atoms with Crippen molar-refractivity contribution in [2.24, 2.45) is 0 Å². The number of methoxy groups -OCH3 is 1. The molecule has 0 aliphatic heterocycles. The first kappa shape index (κ1) is 14.2. The van der Waals surface area contributed by atoms with E-state index in [2.05, 4.69) is 9.97 Å². The molecule has 0 aliphatic carbocycles. The monoisotopic (exact) mass is 253 g/mol. The molecule has 0 aromatic carbocycles. The summed E-state index contributed by atoms with van der Waals surface area (Å²) in [4.78, 5) is 21.0. The van der Waals surface area contributed by atoms with Crippen molar-refractivity contribution < 1.29 is 14.6 Å². The number of anilines is 1. The number of rotatable bonds is 4. The summed E-state index contributed by atoms with van der Waals surface area (Å²) in [5.41, 5.74) is -0.357. The lowest BCUT2D eigenvalue weighted by atomic mass is 10.1. The number of aliphatic carboxylic acids is 1. The van der Waals surface area contributed by atoms with E-state index in [0.717, 1.165) is 0 Å². The second-order valence-electron chi connectivity index (χ2n) is 4.97. The van der Waals surface area contributed by atoms with E-state index in [9.17, 15) is 4.79 Å². The molecule has 0 saturated heterocycles. The van der Waals surface area contributed by atoms with Gasteiger partial charge in [0.15, 0.2) is 0 Å². The fourth-order valence-corrected chi connectivity index (χ4v) is 1.57. The van der Waals surface area contributed by atoms with Gasteiger partial charge in [-0.25, -0.2) is 4.98 Å². The van der Waals surface area contributed by atoms with Crippen molar-refractivity contribution in [3.05, 3.63) is 11.9 Å². The Morgan fingerprint density at radius 3 is 2.50 bits per heavy atom. The Kier molecular flexibility index (Phi) is 4.11. The highest BCUT2D eigenvalue weighted by atomic mass is 16.5. The quantitative estimate of drug-likeness (QED) is 0.876. The van der Waals surface area contributed by atoms with Gasteiger partial charge in [0.05, 0.1) is 7.11 Å². The molecule has 1 heterocycles. The van der Waals surface area contributed by atoms with E-state index in [-0.39, 0.29) is 12.1 Å². The molecule has 6 nitrogen and oxygen atoms in total. The van der Waals surface area contributed by atoms with Gasteiger partial charge in [-0.15, -0.1) is 0 Å². The van der Waals surface area contributed by atoms with Crippen LogP contribution in [0.15, 0.2) is 6.07 Å². The number of carboxylic acid groups (broad SMARTS) is 1. The Bertz CT molecular complexity index is 441. The molecule has 0 amide bonds. The summed E-state index contributed by atoms with van der Waals surface area (Å²) in [6.45, 7) is 7.41. The van der Waals surface area contributed by atoms with Crippen LogP contribution in [0.1, 0.15) is 26.6 Å². The summed E-state index contributed by atoms with van der Waals surface area (Å²) in [6.07, 6.45) is 0. The van der Waals surface area contributed by atoms with Gasteiger partial charge in [-0.1, -0.05) is 0 Å². The fourth-order valence-electron chi connectivity index (χ4n) is 1.57. The highest BCUT2D eigenvalue weighted by molar-refractivity contribution is 5.73. The van der Waals surface area contributed by atoms with Crippen LogP contribution in [0.3, 0.4) is 0 Å². The Hall–Kier alpha value is -1.85. The molecule has 1 N–H and O–H groups in total. The lowest BCUT2D eigenvalue weighted by Gasteiger charge is -2.35. The summed E-state index contributed by atoms with van der Waals surface area (Å²) < 4.78 is 5.08. The molecular formula is C12H19N3O3. The van der Waals surface area contributed by atoms with E-state index in [1.165, 1.54) is 7.11 Å². The van der Waals surface area contributed by atoms with Crippen LogP contribution < -0.4 is 9.64 Å². The molecule has 6 heteroatoms. The van der Waals surface area contributed by atoms with Gasteiger partial charge >= 0.3 is 5.97 Å². The Morgan fingerprint density at radius 1 is 1.44 bits per heavy atom. The standard InChI is InChI=1S/C12H19N3O3/c1-8-13-9(6-10(14-8)18-5)15(7-11(16)17)12(2,3)4/h6H,7H2,1-5H3,(H,16,17). The molecule has 0 saturated carbocycles. The van der Waals surface area contributed by atoms with E-state index in [4.69, 9.17) is 9.84 Å². The Balaban J connectivity index is 3.20. The van der Waals surface area contributed by atoms with Gasteiger partial charge in [0.1, 0.15) is 18.2 Å². The Labute approximate surface area is 107 Å². The first-order valence-corrected chi connectivity index (χ1v) is 5.63. The van der Waals surface area contributed by atoms with Crippen LogP contribution in [-0.2, 0) is 4.79 Å². The maximum atomic E-state index is 11.0. The topological polar surface area (TPSA) is 75.5 Å².